The number of furan rings is 1. The number of carbonyl (C=O) groups excluding carboxylic acids is 2. The van der Waals surface area contributed by atoms with Gasteiger partial charge in [-0.1, -0.05) is 18.2 Å². The van der Waals surface area contributed by atoms with E-state index in [1.165, 1.54) is 11.0 Å². The second kappa shape index (κ2) is 7.90. The maximum Gasteiger partial charge on any atom is 0.433 e. The fourth-order valence-electron chi connectivity index (χ4n) is 2.88. The standard InChI is InChI=1S/C18H19N3O6/c1-26-14-5-3-2-4-12(14)8-9-19-17(22)13-10-20(11-13)18(23)15-6-7-16(27-15)21(24)25/h2-7,13H,8-11H2,1H3,(H,19,22). The van der Waals surface area contributed by atoms with Gasteiger partial charge in [0.25, 0.3) is 5.91 Å². The smallest absolute Gasteiger partial charge is 0.433 e. The zero-order valence-corrected chi connectivity index (χ0v) is 14.7. The molecular formula is C18H19N3O6. The van der Waals surface area contributed by atoms with Crippen LogP contribution in [0.5, 0.6) is 5.75 Å². The first-order chi connectivity index (χ1) is 13.0. The van der Waals surface area contributed by atoms with Crippen molar-refractivity contribution in [3.8, 4) is 5.75 Å². The third-order valence-corrected chi connectivity index (χ3v) is 4.41. The highest BCUT2D eigenvalue weighted by Gasteiger charge is 2.37. The van der Waals surface area contributed by atoms with E-state index in [1.807, 2.05) is 24.3 Å². The third kappa shape index (κ3) is 4.08. The summed E-state index contributed by atoms with van der Waals surface area (Å²) in [5.74, 6) is -0.682. The van der Waals surface area contributed by atoms with Crippen LogP contribution >= 0.6 is 0 Å². The molecule has 0 spiro atoms. The Morgan fingerprint density at radius 3 is 2.70 bits per heavy atom. The Bertz CT molecular complexity index is 856. The largest absolute Gasteiger partial charge is 0.496 e. The second-order valence-corrected chi connectivity index (χ2v) is 6.15. The molecule has 0 radical (unpaired) electrons. The molecule has 2 heterocycles. The van der Waals surface area contributed by atoms with E-state index in [4.69, 9.17) is 9.15 Å². The summed E-state index contributed by atoms with van der Waals surface area (Å²) in [6, 6.07) is 10.0. The number of hydrogen-bond acceptors (Lipinski definition) is 6. The van der Waals surface area contributed by atoms with Gasteiger partial charge in [0.05, 0.1) is 19.1 Å². The molecule has 9 nitrogen and oxygen atoms in total. The molecule has 0 aliphatic carbocycles. The van der Waals surface area contributed by atoms with Crippen molar-refractivity contribution in [2.24, 2.45) is 5.92 Å². The molecule has 1 aliphatic rings. The van der Waals surface area contributed by atoms with Crippen LogP contribution in [0.3, 0.4) is 0 Å². The predicted molar refractivity (Wildman–Crippen MR) is 94.5 cm³/mol. The number of ether oxygens (including phenoxy) is 1. The molecule has 1 N–H and O–H groups in total. The van der Waals surface area contributed by atoms with Gasteiger partial charge in [0.15, 0.2) is 5.76 Å². The molecule has 1 aliphatic heterocycles. The average molecular weight is 373 g/mol. The van der Waals surface area contributed by atoms with E-state index in [2.05, 4.69) is 5.32 Å². The van der Waals surface area contributed by atoms with Crippen molar-refractivity contribution >= 4 is 17.7 Å². The van der Waals surface area contributed by atoms with Crippen LogP contribution in [0.1, 0.15) is 16.1 Å². The summed E-state index contributed by atoms with van der Waals surface area (Å²) in [5.41, 5.74) is 1.00. The molecule has 1 aromatic heterocycles. The van der Waals surface area contributed by atoms with E-state index in [-0.39, 0.29) is 30.7 Å². The number of nitrogens with one attached hydrogen (secondary N) is 1. The fourth-order valence-corrected chi connectivity index (χ4v) is 2.88. The number of carbonyl (C=O) groups is 2. The van der Waals surface area contributed by atoms with Gasteiger partial charge in [-0.15, -0.1) is 0 Å². The SMILES string of the molecule is COc1ccccc1CCNC(=O)C1CN(C(=O)c2ccc([N+](=O)[O-])o2)C1. The van der Waals surface area contributed by atoms with Crippen LogP contribution in [0.4, 0.5) is 5.88 Å². The molecular weight excluding hydrogens is 354 g/mol. The van der Waals surface area contributed by atoms with Gasteiger partial charge in [0.2, 0.25) is 5.91 Å². The number of para-hydroxylation sites is 1. The average Bonchev–Trinajstić information content (AvgIpc) is 3.11. The minimum Gasteiger partial charge on any atom is -0.496 e. The van der Waals surface area contributed by atoms with E-state index in [0.717, 1.165) is 17.4 Å². The van der Waals surface area contributed by atoms with E-state index < -0.39 is 16.7 Å². The van der Waals surface area contributed by atoms with Gasteiger partial charge in [-0.05, 0) is 24.1 Å². The molecule has 27 heavy (non-hydrogen) atoms. The highest BCUT2D eigenvalue weighted by molar-refractivity contribution is 5.94. The van der Waals surface area contributed by atoms with E-state index >= 15 is 0 Å². The lowest BCUT2D eigenvalue weighted by atomic mass is 9.98. The molecule has 2 amide bonds. The number of nitrogens with zero attached hydrogens (tertiary/aromatic N) is 2. The van der Waals surface area contributed by atoms with Crippen molar-refractivity contribution in [2.75, 3.05) is 26.7 Å². The van der Waals surface area contributed by atoms with Gasteiger partial charge in [-0.25, -0.2) is 0 Å². The number of rotatable bonds is 7. The lowest BCUT2D eigenvalue weighted by molar-refractivity contribution is -0.402. The van der Waals surface area contributed by atoms with Crippen LogP contribution in [-0.2, 0) is 11.2 Å². The Morgan fingerprint density at radius 2 is 2.04 bits per heavy atom. The van der Waals surface area contributed by atoms with Gasteiger partial charge in [0.1, 0.15) is 10.7 Å². The Hall–Kier alpha value is -3.36. The zero-order chi connectivity index (χ0) is 19.4. The summed E-state index contributed by atoms with van der Waals surface area (Å²) in [7, 11) is 1.60. The highest BCUT2D eigenvalue weighted by Crippen LogP contribution is 2.23. The molecule has 1 aromatic carbocycles. The second-order valence-electron chi connectivity index (χ2n) is 6.15. The Balaban J connectivity index is 1.44. The monoisotopic (exact) mass is 373 g/mol. The van der Waals surface area contributed by atoms with Gasteiger partial charge in [-0.3, -0.25) is 19.7 Å². The van der Waals surface area contributed by atoms with Crippen molar-refractivity contribution in [1.29, 1.82) is 0 Å². The Labute approximate surface area is 155 Å². The molecule has 0 unspecified atom stereocenters. The summed E-state index contributed by atoms with van der Waals surface area (Å²) >= 11 is 0. The van der Waals surface area contributed by atoms with E-state index in [9.17, 15) is 19.7 Å². The Kier molecular flexibility index (Phi) is 5.39. The van der Waals surface area contributed by atoms with Gasteiger partial charge >= 0.3 is 5.88 Å². The molecule has 2 aromatic rings. The quantitative estimate of drug-likeness (QED) is 0.583. The predicted octanol–water partition coefficient (Wildman–Crippen LogP) is 1.63. The number of benzene rings is 1. The number of methoxy groups -OCH3 is 1. The van der Waals surface area contributed by atoms with Crippen molar-refractivity contribution in [3.05, 3.63) is 57.8 Å². The maximum absolute atomic E-state index is 12.2. The van der Waals surface area contributed by atoms with Gasteiger partial charge in [0, 0.05) is 19.6 Å². The van der Waals surface area contributed by atoms with Crippen molar-refractivity contribution in [3.63, 3.8) is 0 Å². The van der Waals surface area contributed by atoms with Gasteiger partial charge in [-0.2, -0.15) is 0 Å². The fraction of sp³-hybridized carbons (Fsp3) is 0.333. The van der Waals surface area contributed by atoms with Crippen molar-refractivity contribution in [1.82, 2.24) is 10.2 Å². The first-order valence-electron chi connectivity index (χ1n) is 8.42. The molecule has 0 atom stereocenters. The van der Waals surface area contributed by atoms with Crippen molar-refractivity contribution < 1.29 is 23.7 Å². The van der Waals surface area contributed by atoms with Gasteiger partial charge < -0.3 is 19.4 Å². The lowest BCUT2D eigenvalue weighted by Gasteiger charge is -2.37. The van der Waals surface area contributed by atoms with Crippen LogP contribution in [0.25, 0.3) is 0 Å². The molecule has 1 saturated heterocycles. The third-order valence-electron chi connectivity index (χ3n) is 4.41. The first-order valence-corrected chi connectivity index (χ1v) is 8.42. The summed E-state index contributed by atoms with van der Waals surface area (Å²) in [6.45, 7) is 0.982. The number of nitro groups is 1. The molecule has 0 saturated carbocycles. The minimum atomic E-state index is -0.704. The van der Waals surface area contributed by atoms with Crippen LogP contribution in [0, 0.1) is 16.0 Å². The normalized spacial score (nSPS) is 13.7. The van der Waals surface area contributed by atoms with E-state index in [1.54, 1.807) is 7.11 Å². The zero-order valence-electron chi connectivity index (χ0n) is 14.7. The summed E-state index contributed by atoms with van der Waals surface area (Å²) in [6.07, 6.45) is 0.640. The van der Waals surface area contributed by atoms with Crippen LogP contribution < -0.4 is 10.1 Å². The first kappa shape index (κ1) is 18.4. The minimum absolute atomic E-state index is 0.100. The Morgan fingerprint density at radius 1 is 1.30 bits per heavy atom. The summed E-state index contributed by atoms with van der Waals surface area (Å²) in [5, 5.41) is 13.5. The van der Waals surface area contributed by atoms with Crippen LogP contribution in [0.15, 0.2) is 40.8 Å². The van der Waals surface area contributed by atoms with Crippen molar-refractivity contribution in [2.45, 2.75) is 6.42 Å². The number of hydrogen-bond donors (Lipinski definition) is 1. The summed E-state index contributed by atoms with van der Waals surface area (Å²) < 4.78 is 10.2. The molecule has 1 fully saturated rings. The summed E-state index contributed by atoms with van der Waals surface area (Å²) in [4.78, 5) is 35.7. The lowest BCUT2D eigenvalue weighted by Crippen LogP contribution is -2.55. The molecule has 142 valence electrons. The highest BCUT2D eigenvalue weighted by atomic mass is 16.6. The molecule has 9 heteroatoms. The van der Waals surface area contributed by atoms with E-state index in [0.29, 0.717) is 13.0 Å². The topological polar surface area (TPSA) is 115 Å². The maximum atomic E-state index is 12.2. The number of amides is 2. The molecule has 0 bridgehead atoms. The molecule has 3 rings (SSSR count). The van der Waals surface area contributed by atoms with Crippen LogP contribution in [-0.4, -0.2) is 48.4 Å². The van der Waals surface area contributed by atoms with Crippen LogP contribution in [0.2, 0.25) is 0 Å². The number of likely N-dealkylation sites (tertiary alicyclic amines) is 1.